The number of thioether (sulfide) groups is 1. The van der Waals surface area contributed by atoms with Crippen LogP contribution in [-0.2, 0) is 0 Å². The minimum Gasteiger partial charge on any atom is -0.393 e. The number of rotatable bonds is 4. The highest BCUT2D eigenvalue weighted by atomic mass is 35.5. The molecular weight excluding hydrogens is 220 g/mol. The average Bonchev–Trinajstić information content (AvgIpc) is 2.19. The maximum atomic E-state index is 5.80. The molecule has 0 amide bonds. The van der Waals surface area contributed by atoms with Crippen molar-refractivity contribution in [1.29, 1.82) is 0 Å². The van der Waals surface area contributed by atoms with Gasteiger partial charge in [0.2, 0.25) is 0 Å². The van der Waals surface area contributed by atoms with E-state index in [0.717, 1.165) is 12.2 Å². The van der Waals surface area contributed by atoms with Gasteiger partial charge in [0, 0.05) is 5.75 Å². The molecule has 0 saturated carbocycles. The molecule has 0 radical (unpaired) electrons. The van der Waals surface area contributed by atoms with Crippen LogP contribution in [0.25, 0.3) is 0 Å². The van der Waals surface area contributed by atoms with Gasteiger partial charge in [-0.05, 0) is 13.1 Å². The summed E-state index contributed by atoms with van der Waals surface area (Å²) in [7, 11) is 0. The van der Waals surface area contributed by atoms with E-state index in [1.807, 2.05) is 0 Å². The molecule has 0 unspecified atom stereocenters. The van der Waals surface area contributed by atoms with E-state index in [-0.39, 0.29) is 10.8 Å². The van der Waals surface area contributed by atoms with Gasteiger partial charge in [-0.15, -0.1) is 0 Å². The zero-order chi connectivity index (χ0) is 10.6. The summed E-state index contributed by atoms with van der Waals surface area (Å²) in [5, 5.41) is 0.828. The van der Waals surface area contributed by atoms with E-state index in [1.54, 1.807) is 0 Å². The zero-order valence-electron chi connectivity index (χ0n) is 7.83. The van der Waals surface area contributed by atoms with Gasteiger partial charge in [0.1, 0.15) is 5.69 Å². The Morgan fingerprint density at radius 2 is 2.29 bits per heavy atom. The predicted molar refractivity (Wildman–Crippen MR) is 61.7 cm³/mol. The Kier molecular flexibility index (Phi) is 4.16. The lowest BCUT2D eigenvalue weighted by molar-refractivity contribution is 0.964. The van der Waals surface area contributed by atoms with Crippen LogP contribution in [0.1, 0.15) is 13.3 Å². The molecule has 0 aromatic carbocycles. The van der Waals surface area contributed by atoms with Crippen LogP contribution in [0, 0.1) is 0 Å². The summed E-state index contributed by atoms with van der Waals surface area (Å²) in [4.78, 5) is 11.8. The van der Waals surface area contributed by atoms with Gasteiger partial charge < -0.3 is 5.73 Å². The van der Waals surface area contributed by atoms with E-state index in [4.69, 9.17) is 17.3 Å². The Morgan fingerprint density at radius 3 is 2.86 bits per heavy atom. The fourth-order valence-corrected chi connectivity index (χ4v) is 1.70. The summed E-state index contributed by atoms with van der Waals surface area (Å²) < 4.78 is 0. The van der Waals surface area contributed by atoms with E-state index >= 15 is 0 Å². The molecule has 14 heavy (non-hydrogen) atoms. The van der Waals surface area contributed by atoms with Crippen molar-refractivity contribution in [2.45, 2.75) is 18.5 Å². The molecule has 1 aromatic heterocycles. The van der Waals surface area contributed by atoms with Crippen molar-refractivity contribution in [3.63, 3.8) is 0 Å². The second-order valence-corrected chi connectivity index (χ2v) is 3.96. The first kappa shape index (κ1) is 11.3. The normalized spacial score (nSPS) is 10.1. The van der Waals surface area contributed by atoms with Gasteiger partial charge in [-0.2, -0.15) is 0 Å². The molecule has 0 saturated heterocycles. The number of halogens is 1. The van der Waals surface area contributed by atoms with Crippen LogP contribution < -0.4 is 5.73 Å². The summed E-state index contributed by atoms with van der Waals surface area (Å²) >= 11 is 7.32. The van der Waals surface area contributed by atoms with Crippen LogP contribution >= 0.6 is 23.4 Å². The molecule has 0 fully saturated rings. The summed E-state index contributed by atoms with van der Waals surface area (Å²) in [6.07, 6.45) is 1.05. The molecule has 0 aliphatic carbocycles. The van der Waals surface area contributed by atoms with Crippen molar-refractivity contribution in [3.05, 3.63) is 5.15 Å². The minimum atomic E-state index is 0.237. The Hall–Kier alpha value is -0.810. The lowest BCUT2D eigenvalue weighted by Crippen LogP contribution is -1.95. The standard InChI is InChI=1S/C8H11ClN4S/c1-3-4-14-8-12-6(9)5(10)7(11-2)13-8/h2-4,10H2,1H3. The predicted octanol–water partition coefficient (Wildman–Crippen LogP) is 2.55. The van der Waals surface area contributed by atoms with E-state index < -0.39 is 0 Å². The molecule has 0 bridgehead atoms. The fourth-order valence-electron chi connectivity index (χ4n) is 0.791. The third-order valence-corrected chi connectivity index (χ3v) is 2.78. The number of nitrogens with zero attached hydrogens (tertiary/aromatic N) is 3. The third-order valence-electron chi connectivity index (χ3n) is 1.44. The summed E-state index contributed by atoms with van der Waals surface area (Å²) in [5.41, 5.74) is 5.87. The van der Waals surface area contributed by atoms with Crippen molar-refractivity contribution >= 4 is 41.6 Å². The SMILES string of the molecule is C=Nc1nc(SCCC)nc(Cl)c1N. The molecule has 0 aliphatic rings. The molecule has 2 N–H and O–H groups in total. The van der Waals surface area contributed by atoms with E-state index in [1.165, 1.54) is 11.8 Å². The quantitative estimate of drug-likeness (QED) is 0.374. The molecule has 1 aromatic rings. The molecular formula is C8H11ClN4S. The second-order valence-electron chi connectivity index (χ2n) is 2.54. The van der Waals surface area contributed by atoms with Crippen LogP contribution in [0.15, 0.2) is 10.1 Å². The van der Waals surface area contributed by atoms with Crippen LogP contribution in [0.3, 0.4) is 0 Å². The lowest BCUT2D eigenvalue weighted by atomic mass is 10.5. The Labute approximate surface area is 92.0 Å². The zero-order valence-corrected chi connectivity index (χ0v) is 9.40. The monoisotopic (exact) mass is 230 g/mol. The number of hydrogen-bond donors (Lipinski definition) is 1. The van der Waals surface area contributed by atoms with Crippen molar-refractivity contribution in [2.75, 3.05) is 11.5 Å². The highest BCUT2D eigenvalue weighted by Gasteiger charge is 2.08. The highest BCUT2D eigenvalue weighted by Crippen LogP contribution is 2.28. The number of anilines is 1. The maximum absolute atomic E-state index is 5.80. The largest absolute Gasteiger partial charge is 0.393 e. The minimum absolute atomic E-state index is 0.237. The number of hydrogen-bond acceptors (Lipinski definition) is 5. The maximum Gasteiger partial charge on any atom is 0.191 e. The number of nitrogens with two attached hydrogens (primary N) is 1. The third kappa shape index (κ3) is 2.59. The topological polar surface area (TPSA) is 64.2 Å². The number of aromatic nitrogens is 2. The summed E-state index contributed by atoms with van der Waals surface area (Å²) in [5.74, 6) is 1.29. The second kappa shape index (κ2) is 5.17. The fraction of sp³-hybridized carbons (Fsp3) is 0.375. The van der Waals surface area contributed by atoms with E-state index in [0.29, 0.717) is 11.0 Å². The van der Waals surface area contributed by atoms with Gasteiger partial charge in [0.25, 0.3) is 0 Å². The lowest BCUT2D eigenvalue weighted by Gasteiger charge is -2.03. The van der Waals surface area contributed by atoms with Gasteiger partial charge in [-0.3, -0.25) is 0 Å². The van der Waals surface area contributed by atoms with Crippen molar-refractivity contribution < 1.29 is 0 Å². The summed E-state index contributed by atoms with van der Waals surface area (Å²) in [6, 6.07) is 0. The molecule has 4 nitrogen and oxygen atoms in total. The molecule has 1 heterocycles. The molecule has 1 rings (SSSR count). The molecule has 0 aliphatic heterocycles. The Balaban J connectivity index is 2.97. The van der Waals surface area contributed by atoms with Crippen LogP contribution in [0.2, 0.25) is 5.15 Å². The molecule has 0 atom stereocenters. The van der Waals surface area contributed by atoms with Gasteiger partial charge >= 0.3 is 0 Å². The number of aliphatic imine (C=N–C) groups is 1. The average molecular weight is 231 g/mol. The van der Waals surface area contributed by atoms with Crippen LogP contribution in [0.5, 0.6) is 0 Å². The van der Waals surface area contributed by atoms with Gasteiger partial charge in [-0.25, -0.2) is 15.0 Å². The van der Waals surface area contributed by atoms with Crippen molar-refractivity contribution in [1.82, 2.24) is 9.97 Å². The molecule has 6 heteroatoms. The Morgan fingerprint density at radius 1 is 1.57 bits per heavy atom. The summed E-state index contributed by atoms with van der Waals surface area (Å²) in [6.45, 7) is 5.45. The van der Waals surface area contributed by atoms with Gasteiger partial charge in [-0.1, -0.05) is 30.3 Å². The van der Waals surface area contributed by atoms with E-state index in [9.17, 15) is 0 Å². The first-order valence-corrected chi connectivity index (χ1v) is 5.48. The van der Waals surface area contributed by atoms with Gasteiger partial charge in [0.05, 0.1) is 0 Å². The van der Waals surface area contributed by atoms with Crippen molar-refractivity contribution in [3.8, 4) is 0 Å². The first-order valence-electron chi connectivity index (χ1n) is 4.11. The Bertz CT molecular complexity index is 342. The molecule has 76 valence electrons. The smallest absolute Gasteiger partial charge is 0.191 e. The van der Waals surface area contributed by atoms with Crippen LogP contribution in [0.4, 0.5) is 11.5 Å². The highest BCUT2D eigenvalue weighted by molar-refractivity contribution is 7.99. The van der Waals surface area contributed by atoms with E-state index in [2.05, 4.69) is 28.6 Å². The van der Waals surface area contributed by atoms with Gasteiger partial charge in [0.15, 0.2) is 16.1 Å². The van der Waals surface area contributed by atoms with Crippen LogP contribution in [-0.4, -0.2) is 22.4 Å². The first-order chi connectivity index (χ1) is 6.69. The number of nitrogen functional groups attached to an aromatic ring is 1. The van der Waals surface area contributed by atoms with Crippen molar-refractivity contribution in [2.24, 2.45) is 4.99 Å². The molecule has 0 spiro atoms.